The average Bonchev–Trinajstić information content (AvgIpc) is 2.66. The molecule has 2 N–H and O–H groups in total. The molecule has 1 aromatic heterocycles. The maximum absolute atomic E-state index is 11.8. The van der Waals surface area contributed by atoms with Crippen molar-refractivity contribution in [3.8, 4) is 0 Å². The number of rotatable bonds is 2. The Morgan fingerprint density at radius 2 is 2.20 bits per heavy atom. The Kier molecular flexibility index (Phi) is 3.01. The Balaban J connectivity index is 1.94. The summed E-state index contributed by atoms with van der Waals surface area (Å²) in [5.41, 5.74) is 4.33. The topological polar surface area (TPSA) is 61.0 Å². The maximum Gasteiger partial charge on any atom is 0.269 e. The third kappa shape index (κ3) is 2.36. The number of carbonyl (C=O) groups excluding carboxylic acids is 1. The van der Waals surface area contributed by atoms with E-state index in [-0.39, 0.29) is 5.91 Å². The SMILES string of the molecule is Cc1[nH]ncc1C(=O)NN1CCCCC1. The minimum atomic E-state index is -0.0665. The van der Waals surface area contributed by atoms with Gasteiger partial charge in [-0.15, -0.1) is 0 Å². The van der Waals surface area contributed by atoms with Crippen molar-refractivity contribution >= 4 is 5.91 Å². The Morgan fingerprint density at radius 3 is 2.80 bits per heavy atom. The van der Waals surface area contributed by atoms with Crippen LogP contribution in [0.5, 0.6) is 0 Å². The molecule has 15 heavy (non-hydrogen) atoms. The predicted octanol–water partition coefficient (Wildman–Crippen LogP) is 0.849. The van der Waals surface area contributed by atoms with Crippen LogP contribution in [0.15, 0.2) is 6.20 Å². The lowest BCUT2D eigenvalue weighted by Crippen LogP contribution is -2.45. The van der Waals surface area contributed by atoms with E-state index in [0.29, 0.717) is 5.56 Å². The average molecular weight is 208 g/mol. The summed E-state index contributed by atoms with van der Waals surface area (Å²) in [6, 6.07) is 0. The standard InChI is InChI=1S/C10H16N4O/c1-8-9(7-11-12-8)10(15)13-14-5-3-2-4-6-14/h7H,2-6H2,1H3,(H,11,12)(H,13,15). The van der Waals surface area contributed by atoms with Crippen molar-refractivity contribution in [3.63, 3.8) is 0 Å². The molecule has 0 aliphatic carbocycles. The van der Waals surface area contributed by atoms with Crippen molar-refractivity contribution in [2.75, 3.05) is 13.1 Å². The summed E-state index contributed by atoms with van der Waals surface area (Å²) in [4.78, 5) is 11.8. The number of nitrogens with zero attached hydrogens (tertiary/aromatic N) is 2. The molecule has 0 saturated carbocycles. The van der Waals surface area contributed by atoms with Gasteiger partial charge in [-0.1, -0.05) is 6.42 Å². The van der Waals surface area contributed by atoms with Gasteiger partial charge in [0.1, 0.15) is 0 Å². The molecule has 0 bridgehead atoms. The van der Waals surface area contributed by atoms with E-state index in [4.69, 9.17) is 0 Å². The van der Waals surface area contributed by atoms with Crippen molar-refractivity contribution in [3.05, 3.63) is 17.5 Å². The van der Waals surface area contributed by atoms with Crippen LogP contribution < -0.4 is 5.43 Å². The molecule has 2 rings (SSSR count). The van der Waals surface area contributed by atoms with Crippen molar-refractivity contribution in [2.24, 2.45) is 0 Å². The number of hydrazine groups is 1. The third-order valence-electron chi connectivity index (χ3n) is 2.69. The second-order valence-corrected chi connectivity index (χ2v) is 3.90. The number of carbonyl (C=O) groups is 1. The van der Waals surface area contributed by atoms with Gasteiger partial charge in [0, 0.05) is 18.8 Å². The number of hydrogen-bond acceptors (Lipinski definition) is 3. The highest BCUT2D eigenvalue weighted by Crippen LogP contribution is 2.07. The van der Waals surface area contributed by atoms with Gasteiger partial charge in [-0.05, 0) is 19.8 Å². The van der Waals surface area contributed by atoms with Crippen molar-refractivity contribution in [2.45, 2.75) is 26.2 Å². The first-order valence-electron chi connectivity index (χ1n) is 5.33. The summed E-state index contributed by atoms with van der Waals surface area (Å²) in [6.07, 6.45) is 5.14. The number of piperidine rings is 1. The Bertz CT molecular complexity index is 341. The molecule has 1 fully saturated rings. The van der Waals surface area contributed by atoms with E-state index >= 15 is 0 Å². The quantitative estimate of drug-likeness (QED) is 0.757. The van der Waals surface area contributed by atoms with E-state index in [9.17, 15) is 4.79 Å². The molecule has 0 spiro atoms. The van der Waals surface area contributed by atoms with Crippen LogP contribution in [0, 0.1) is 6.92 Å². The molecule has 1 aliphatic heterocycles. The van der Waals surface area contributed by atoms with Crippen LogP contribution in [-0.4, -0.2) is 34.2 Å². The molecule has 1 amide bonds. The number of amides is 1. The molecule has 0 atom stereocenters. The van der Waals surface area contributed by atoms with Gasteiger partial charge in [0.25, 0.3) is 5.91 Å². The number of nitrogens with one attached hydrogen (secondary N) is 2. The molecule has 0 radical (unpaired) electrons. The van der Waals surface area contributed by atoms with E-state index in [1.807, 2.05) is 11.9 Å². The van der Waals surface area contributed by atoms with Crippen LogP contribution in [0.3, 0.4) is 0 Å². The normalized spacial score (nSPS) is 17.7. The van der Waals surface area contributed by atoms with Crippen LogP contribution in [0.1, 0.15) is 35.3 Å². The van der Waals surface area contributed by atoms with Crippen LogP contribution >= 0.6 is 0 Å². The van der Waals surface area contributed by atoms with E-state index in [1.165, 1.54) is 6.42 Å². The summed E-state index contributed by atoms with van der Waals surface area (Å²) in [7, 11) is 0. The van der Waals surface area contributed by atoms with Crippen LogP contribution in [0.2, 0.25) is 0 Å². The Labute approximate surface area is 88.8 Å². The summed E-state index contributed by atoms with van der Waals surface area (Å²) >= 11 is 0. The highest BCUT2D eigenvalue weighted by molar-refractivity contribution is 5.94. The van der Waals surface area contributed by atoms with Gasteiger partial charge in [0.2, 0.25) is 0 Å². The maximum atomic E-state index is 11.8. The lowest BCUT2D eigenvalue weighted by Gasteiger charge is -2.26. The summed E-state index contributed by atoms with van der Waals surface area (Å²) < 4.78 is 0. The first-order valence-corrected chi connectivity index (χ1v) is 5.33. The molecule has 1 saturated heterocycles. The van der Waals surface area contributed by atoms with Gasteiger partial charge in [0.05, 0.1) is 11.8 Å². The van der Waals surface area contributed by atoms with Gasteiger partial charge in [-0.2, -0.15) is 5.10 Å². The minimum Gasteiger partial charge on any atom is -0.285 e. The molecular weight excluding hydrogens is 192 g/mol. The zero-order valence-corrected chi connectivity index (χ0v) is 8.92. The zero-order valence-electron chi connectivity index (χ0n) is 8.92. The molecule has 1 aromatic rings. The van der Waals surface area contributed by atoms with Crippen molar-refractivity contribution in [1.29, 1.82) is 0 Å². The number of aromatic nitrogens is 2. The monoisotopic (exact) mass is 208 g/mol. The fourth-order valence-corrected chi connectivity index (χ4v) is 1.79. The highest BCUT2D eigenvalue weighted by atomic mass is 16.2. The van der Waals surface area contributed by atoms with Crippen LogP contribution in [-0.2, 0) is 0 Å². The Morgan fingerprint density at radius 1 is 1.47 bits per heavy atom. The van der Waals surface area contributed by atoms with Gasteiger partial charge in [0.15, 0.2) is 0 Å². The van der Waals surface area contributed by atoms with Gasteiger partial charge >= 0.3 is 0 Å². The second-order valence-electron chi connectivity index (χ2n) is 3.90. The van der Waals surface area contributed by atoms with Gasteiger partial charge in [-0.3, -0.25) is 15.3 Å². The first-order chi connectivity index (χ1) is 7.27. The van der Waals surface area contributed by atoms with Crippen LogP contribution in [0.4, 0.5) is 0 Å². The zero-order chi connectivity index (χ0) is 10.7. The molecule has 0 unspecified atom stereocenters. The molecule has 82 valence electrons. The van der Waals surface area contributed by atoms with Crippen molar-refractivity contribution in [1.82, 2.24) is 20.6 Å². The van der Waals surface area contributed by atoms with E-state index < -0.39 is 0 Å². The smallest absolute Gasteiger partial charge is 0.269 e. The highest BCUT2D eigenvalue weighted by Gasteiger charge is 2.16. The molecule has 0 aromatic carbocycles. The first kappa shape index (κ1) is 10.2. The number of aryl methyl sites for hydroxylation is 1. The molecule has 5 nitrogen and oxygen atoms in total. The van der Waals surface area contributed by atoms with Crippen molar-refractivity contribution < 1.29 is 4.79 Å². The second kappa shape index (κ2) is 4.44. The molecular formula is C10H16N4O. The fourth-order valence-electron chi connectivity index (χ4n) is 1.79. The van der Waals surface area contributed by atoms with Gasteiger partial charge < -0.3 is 0 Å². The lowest BCUT2D eigenvalue weighted by atomic mass is 10.2. The third-order valence-corrected chi connectivity index (χ3v) is 2.69. The van der Waals surface area contributed by atoms with E-state index in [2.05, 4.69) is 15.6 Å². The van der Waals surface area contributed by atoms with Gasteiger partial charge in [-0.25, -0.2) is 5.01 Å². The summed E-state index contributed by atoms with van der Waals surface area (Å²) in [6.45, 7) is 3.74. The lowest BCUT2D eigenvalue weighted by molar-refractivity contribution is 0.0749. The molecule has 1 aliphatic rings. The summed E-state index contributed by atoms with van der Waals surface area (Å²) in [5.74, 6) is -0.0665. The summed E-state index contributed by atoms with van der Waals surface area (Å²) in [5, 5.41) is 8.57. The number of H-pyrrole nitrogens is 1. The molecule has 2 heterocycles. The fraction of sp³-hybridized carbons (Fsp3) is 0.600. The Hall–Kier alpha value is -1.36. The minimum absolute atomic E-state index is 0.0665. The molecule has 5 heteroatoms. The number of aromatic amines is 1. The number of hydrogen-bond donors (Lipinski definition) is 2. The van der Waals surface area contributed by atoms with Crippen LogP contribution in [0.25, 0.3) is 0 Å². The largest absolute Gasteiger partial charge is 0.285 e. The van der Waals surface area contributed by atoms with E-state index in [1.54, 1.807) is 6.20 Å². The predicted molar refractivity (Wildman–Crippen MR) is 56.2 cm³/mol. The van der Waals surface area contributed by atoms with E-state index in [0.717, 1.165) is 31.6 Å².